The number of allylic oxidation sites excluding steroid dienone is 8. The van der Waals surface area contributed by atoms with Crippen molar-refractivity contribution in [1.82, 2.24) is 0 Å². The van der Waals surface area contributed by atoms with E-state index in [4.69, 9.17) is 0 Å². The molecule has 0 nitrogen and oxygen atoms in total. The Balaban J connectivity index is 0.000000464. The monoisotopic (exact) mass is 1160 g/mol. The Morgan fingerprint density at radius 1 is 0.443 bits per heavy atom. The zero-order chi connectivity index (χ0) is 51.8. The number of rotatable bonds is 2. The van der Waals surface area contributed by atoms with Crippen LogP contribution in [0.4, 0.5) is 0 Å². The number of benzene rings is 4. The Morgan fingerprint density at radius 3 is 0.929 bits per heavy atom. The summed E-state index contributed by atoms with van der Waals surface area (Å²) in [6, 6.07) is 30.1. The van der Waals surface area contributed by atoms with Gasteiger partial charge in [-0.3, -0.25) is 12.2 Å². The fraction of sp³-hybridized carbons (Fsp3) is 0.469. The van der Waals surface area contributed by atoms with Crippen LogP contribution in [0.3, 0.4) is 0 Å². The third-order valence-corrected chi connectivity index (χ3v) is 16.3. The van der Waals surface area contributed by atoms with Crippen LogP contribution in [0.15, 0.2) is 95.4 Å². The van der Waals surface area contributed by atoms with E-state index in [0.717, 1.165) is 25.7 Å². The maximum absolute atomic E-state index is 3.53. The molecule has 4 aromatic carbocycles. The van der Waals surface area contributed by atoms with Gasteiger partial charge in [0.15, 0.2) is 0 Å². The first-order valence-electron chi connectivity index (χ1n) is 25.0. The van der Waals surface area contributed by atoms with Crippen molar-refractivity contribution in [3.63, 3.8) is 0 Å². The number of hydrogen-bond acceptors (Lipinski definition) is 0. The summed E-state index contributed by atoms with van der Waals surface area (Å²) in [6.07, 6.45) is 19.4. The first-order chi connectivity index (χ1) is 31.0. The Bertz CT molecular complexity index is 2220. The zero-order valence-electron chi connectivity index (χ0n) is 47.7. The van der Waals surface area contributed by atoms with E-state index in [1.54, 1.807) is 58.9 Å². The molecule has 0 saturated carbocycles. The van der Waals surface area contributed by atoms with Gasteiger partial charge in [-0.15, -0.1) is 24.0 Å². The Labute approximate surface area is 475 Å². The summed E-state index contributed by atoms with van der Waals surface area (Å²) in [6.45, 7) is 50.0. The molecule has 70 heavy (non-hydrogen) atoms. The van der Waals surface area contributed by atoms with Gasteiger partial charge >= 0.3 is 82.6 Å². The predicted octanol–water partition coefficient (Wildman–Crippen LogP) is 11.9. The van der Waals surface area contributed by atoms with Crippen LogP contribution >= 0.6 is 0 Å². The molecule has 4 aliphatic carbocycles. The first-order valence-corrected chi connectivity index (χ1v) is 34.4. The van der Waals surface area contributed by atoms with Gasteiger partial charge in [-0.2, -0.15) is 70.8 Å². The van der Waals surface area contributed by atoms with Crippen molar-refractivity contribution in [3.05, 3.63) is 164 Å². The largest absolute Gasteiger partial charge is 1.00 e. The molecule has 0 spiro atoms. The molecule has 376 valence electrons. The molecule has 0 fully saturated rings. The molecule has 6 heteroatoms. The van der Waals surface area contributed by atoms with Crippen LogP contribution in [0, 0.1) is 24.3 Å². The first kappa shape index (κ1) is 66.4. The summed E-state index contributed by atoms with van der Waals surface area (Å²) in [5.41, 5.74) is 17.5. The minimum absolute atomic E-state index is 0. The molecule has 0 aromatic heterocycles. The molecule has 4 aromatic rings. The summed E-state index contributed by atoms with van der Waals surface area (Å²) in [5.74, 6) is 0. The Kier molecular flexibility index (Phi) is 25.8. The van der Waals surface area contributed by atoms with Gasteiger partial charge in [0.25, 0.3) is 0 Å². The van der Waals surface area contributed by atoms with E-state index in [2.05, 4.69) is 259 Å². The molecule has 4 aliphatic rings. The molecule has 0 bridgehead atoms. The standard InChI is InChI=1S/2C21H25.2C8H13Si.2C3H6.2ClH.2Zr/c2*1-20(2,3)16-9-7-14-11-15-8-10-17(21(4,5)6)13-19(15)18(14)12-16;2*1-9(2,3)8-6-4-5-7-8;2*1-3-2;;;;/h2*7,9-10,12-13H,11H2,1-6H3;2*6-7H,4H2,1-3H3;2*1-2H3;2*1H;;/q4*-1;;;;;2*+2/p-2. The predicted molar refractivity (Wildman–Crippen MR) is 302 cm³/mol. The van der Waals surface area contributed by atoms with E-state index in [0.29, 0.717) is 0 Å². The van der Waals surface area contributed by atoms with Crippen LogP contribution < -0.4 is 24.8 Å². The topological polar surface area (TPSA) is 0 Å². The van der Waals surface area contributed by atoms with Crippen molar-refractivity contribution in [2.75, 3.05) is 0 Å². The molecule has 0 amide bonds. The summed E-state index contributed by atoms with van der Waals surface area (Å²) >= 11 is 3.11. The molecular weight excluding hydrogens is 1080 g/mol. The fourth-order valence-corrected chi connectivity index (χ4v) is 10.3. The van der Waals surface area contributed by atoms with E-state index in [9.17, 15) is 0 Å². The third kappa shape index (κ3) is 20.9. The van der Waals surface area contributed by atoms with E-state index >= 15 is 0 Å². The van der Waals surface area contributed by atoms with Crippen LogP contribution in [-0.4, -0.2) is 22.6 Å². The van der Waals surface area contributed by atoms with E-state index < -0.39 is 16.1 Å². The van der Waals surface area contributed by atoms with Crippen molar-refractivity contribution in [3.8, 4) is 22.3 Å². The van der Waals surface area contributed by atoms with Crippen molar-refractivity contribution in [1.29, 1.82) is 0 Å². The quantitative estimate of drug-likeness (QED) is 0.120. The summed E-state index contributed by atoms with van der Waals surface area (Å²) in [7, 11) is -1.96. The van der Waals surface area contributed by atoms with Crippen LogP contribution in [0.2, 0.25) is 39.3 Å². The number of hydrogen-bond donors (Lipinski definition) is 0. The van der Waals surface area contributed by atoms with Crippen LogP contribution in [0.25, 0.3) is 22.3 Å². The molecule has 0 radical (unpaired) electrons. The molecule has 0 saturated heterocycles. The van der Waals surface area contributed by atoms with Crippen molar-refractivity contribution >= 4 is 22.6 Å². The van der Waals surface area contributed by atoms with Crippen LogP contribution in [0.5, 0.6) is 0 Å². The second kappa shape index (κ2) is 27.2. The van der Waals surface area contributed by atoms with Crippen LogP contribution in [-0.2, 0) is 83.0 Å². The van der Waals surface area contributed by atoms with Crippen molar-refractivity contribution in [2.45, 2.75) is 197 Å². The molecule has 0 heterocycles. The molecule has 0 aliphatic heterocycles. The van der Waals surface area contributed by atoms with E-state index in [-0.39, 0.29) is 46.5 Å². The second-order valence-corrected chi connectivity index (χ2v) is 40.7. The van der Waals surface area contributed by atoms with Gasteiger partial charge in [0.1, 0.15) is 0 Å². The zero-order valence-corrected chi connectivity index (χ0v) is 56.1. The maximum atomic E-state index is 3.53. The minimum atomic E-state index is -0.981. The fourth-order valence-electron chi connectivity index (χ4n) is 7.81. The van der Waals surface area contributed by atoms with Gasteiger partial charge in [0.05, 0.1) is 0 Å². The van der Waals surface area contributed by atoms with Gasteiger partial charge in [-0.25, -0.2) is 22.5 Å². The summed E-state index contributed by atoms with van der Waals surface area (Å²) in [4.78, 5) is 0. The second-order valence-electron chi connectivity index (χ2n) is 25.6. The third-order valence-electron chi connectivity index (χ3n) is 12.2. The average molecular weight is 1170 g/mol. The Morgan fingerprint density at radius 2 is 0.714 bits per heavy atom. The smallest absolute Gasteiger partial charge is 0.0114 e. The number of halogens is 2. The van der Waals surface area contributed by atoms with Crippen molar-refractivity contribution < 1.29 is 73.3 Å². The van der Waals surface area contributed by atoms with Gasteiger partial charge in [0.2, 0.25) is 0 Å². The van der Waals surface area contributed by atoms with Crippen molar-refractivity contribution in [2.24, 2.45) is 0 Å². The SMILES string of the molecule is CC(C)(C)c1c[c-]c2c(c1)-c1cc(C(C)(C)C)ccc1C2.CC(C)(C)c1c[c-]c2c(c1)-c1cc(C(C)(C)C)ccc1C2.C[C](C)=[Zr+2].C[C](C)=[Zr+2].C[Si](C)(C)C1=CC[C-]=C1.C[Si](C)(C)C1=CC[C-]=C1.[Cl-].[Cl-]. The molecule has 0 atom stereocenters. The Hall–Kier alpha value is -1.64. The molecule has 0 unspecified atom stereocenters. The minimum Gasteiger partial charge on any atom is -1.00 e. The molecule has 0 N–H and O–H groups in total. The molecule has 8 rings (SSSR count). The number of fused-ring (bicyclic) bond motifs is 6. The normalized spacial score (nSPS) is 13.9. The van der Waals surface area contributed by atoms with E-state index in [1.165, 1.54) is 73.2 Å². The van der Waals surface area contributed by atoms with E-state index in [1.807, 2.05) is 0 Å². The van der Waals surface area contributed by atoms with Gasteiger partial charge < -0.3 is 24.8 Å². The van der Waals surface area contributed by atoms with Gasteiger partial charge in [0, 0.05) is 0 Å². The van der Waals surface area contributed by atoms with Gasteiger partial charge in [-0.05, 0) is 50.9 Å². The average Bonchev–Trinajstić information content (AvgIpc) is 4.02. The van der Waals surface area contributed by atoms with Crippen LogP contribution in [0.1, 0.15) is 168 Å². The summed E-state index contributed by atoms with van der Waals surface area (Å²) in [5, 5.41) is 3.12. The maximum Gasteiger partial charge on any atom is -0.0114 e. The van der Waals surface area contributed by atoms with Gasteiger partial charge in [-0.1, -0.05) is 192 Å². The summed E-state index contributed by atoms with van der Waals surface area (Å²) < 4.78 is 3.01. The molecular formula is C64H88Cl2Si2Zr2-2.